The van der Waals surface area contributed by atoms with Crippen LogP contribution in [0.3, 0.4) is 0 Å². The van der Waals surface area contributed by atoms with Gasteiger partial charge in [-0.1, -0.05) is 0 Å². The summed E-state index contributed by atoms with van der Waals surface area (Å²) in [5, 5.41) is 2.77. The standard InChI is InChI=1S/C16H22N2O4/c1-16(2,3)22-15(20)10-6-5-9-7-11(17)13(21-4)8-12(9)18-14(10)19/h7-8,10H,5-6,17H2,1-4H3,(H,18,19)/t10-/m1/s1. The molecule has 0 spiro atoms. The Kier molecular flexibility index (Phi) is 4.30. The molecule has 0 saturated heterocycles. The number of aryl methyl sites for hydroxylation is 1. The number of ether oxygens (including phenoxy) is 2. The van der Waals surface area contributed by atoms with Gasteiger partial charge in [0.25, 0.3) is 0 Å². The number of nitrogens with one attached hydrogen (secondary N) is 1. The highest BCUT2D eigenvalue weighted by Crippen LogP contribution is 2.33. The molecule has 1 aliphatic heterocycles. The maximum atomic E-state index is 12.3. The van der Waals surface area contributed by atoms with E-state index in [9.17, 15) is 9.59 Å². The van der Waals surface area contributed by atoms with Gasteiger partial charge >= 0.3 is 5.97 Å². The van der Waals surface area contributed by atoms with E-state index in [-0.39, 0.29) is 5.91 Å². The maximum Gasteiger partial charge on any atom is 0.319 e. The molecule has 0 radical (unpaired) electrons. The summed E-state index contributed by atoms with van der Waals surface area (Å²) >= 11 is 0. The summed E-state index contributed by atoms with van der Waals surface area (Å²) in [6, 6.07) is 3.45. The van der Waals surface area contributed by atoms with Gasteiger partial charge in [0.15, 0.2) is 0 Å². The Bertz CT molecular complexity index is 605. The Hall–Kier alpha value is -2.24. The van der Waals surface area contributed by atoms with Crippen molar-refractivity contribution in [3.63, 3.8) is 0 Å². The SMILES string of the molecule is COc1cc2c(cc1N)CC[C@@H](C(=O)OC(C)(C)C)C(=O)N2. The molecule has 120 valence electrons. The predicted molar refractivity (Wildman–Crippen MR) is 83.7 cm³/mol. The molecule has 0 aliphatic carbocycles. The highest BCUT2D eigenvalue weighted by Gasteiger charge is 2.33. The van der Waals surface area contributed by atoms with Gasteiger partial charge in [0.2, 0.25) is 5.91 Å². The number of nitrogen functional groups attached to an aromatic ring is 1. The van der Waals surface area contributed by atoms with Crippen molar-refractivity contribution in [2.45, 2.75) is 39.2 Å². The molecular formula is C16H22N2O4. The van der Waals surface area contributed by atoms with Crippen LogP contribution in [0.4, 0.5) is 11.4 Å². The molecule has 0 aromatic heterocycles. The Morgan fingerprint density at radius 2 is 2.05 bits per heavy atom. The van der Waals surface area contributed by atoms with Gasteiger partial charge in [0.1, 0.15) is 17.3 Å². The van der Waals surface area contributed by atoms with Crippen molar-refractivity contribution < 1.29 is 19.1 Å². The van der Waals surface area contributed by atoms with Crippen molar-refractivity contribution >= 4 is 23.3 Å². The Balaban J connectivity index is 2.23. The molecule has 1 heterocycles. The number of carbonyl (C=O) groups excluding carboxylic acids is 2. The number of fused-ring (bicyclic) bond motifs is 1. The summed E-state index contributed by atoms with van der Waals surface area (Å²) in [4.78, 5) is 24.5. The first-order chi connectivity index (χ1) is 10.2. The van der Waals surface area contributed by atoms with Crippen LogP contribution >= 0.6 is 0 Å². The van der Waals surface area contributed by atoms with Gasteiger partial charge in [0, 0.05) is 11.8 Å². The van der Waals surface area contributed by atoms with Crippen LogP contribution in [0.2, 0.25) is 0 Å². The molecule has 0 bridgehead atoms. The third-order valence-electron chi connectivity index (χ3n) is 3.42. The zero-order valence-electron chi connectivity index (χ0n) is 13.4. The number of amides is 1. The van der Waals surface area contributed by atoms with Crippen molar-refractivity contribution in [2.24, 2.45) is 5.92 Å². The van der Waals surface area contributed by atoms with Crippen molar-refractivity contribution in [2.75, 3.05) is 18.2 Å². The second kappa shape index (κ2) is 5.87. The van der Waals surface area contributed by atoms with Crippen LogP contribution in [0.25, 0.3) is 0 Å². The number of nitrogens with two attached hydrogens (primary N) is 1. The zero-order valence-corrected chi connectivity index (χ0v) is 13.4. The van der Waals surface area contributed by atoms with Crippen LogP contribution in [0.1, 0.15) is 32.8 Å². The number of carbonyl (C=O) groups is 2. The molecule has 0 saturated carbocycles. The van der Waals surface area contributed by atoms with E-state index >= 15 is 0 Å². The summed E-state index contributed by atoms with van der Waals surface area (Å²) in [6.45, 7) is 5.33. The smallest absolute Gasteiger partial charge is 0.319 e. The molecule has 22 heavy (non-hydrogen) atoms. The number of methoxy groups -OCH3 is 1. The summed E-state index contributed by atoms with van der Waals surface area (Å²) in [7, 11) is 1.51. The van der Waals surface area contributed by atoms with Gasteiger partial charge in [-0.25, -0.2) is 0 Å². The first kappa shape index (κ1) is 16.1. The number of hydrogen-bond acceptors (Lipinski definition) is 5. The maximum absolute atomic E-state index is 12.3. The van der Waals surface area contributed by atoms with Crippen LogP contribution in [0.15, 0.2) is 12.1 Å². The molecular weight excluding hydrogens is 284 g/mol. The fourth-order valence-electron chi connectivity index (χ4n) is 2.39. The monoisotopic (exact) mass is 306 g/mol. The van der Waals surface area contributed by atoms with Gasteiger partial charge < -0.3 is 20.5 Å². The van der Waals surface area contributed by atoms with Gasteiger partial charge in [-0.05, 0) is 45.2 Å². The Morgan fingerprint density at radius 3 is 2.64 bits per heavy atom. The first-order valence-electron chi connectivity index (χ1n) is 7.21. The number of benzene rings is 1. The lowest BCUT2D eigenvalue weighted by atomic mass is 10.00. The van der Waals surface area contributed by atoms with Crippen molar-refractivity contribution in [1.82, 2.24) is 0 Å². The van der Waals surface area contributed by atoms with Gasteiger partial charge in [-0.2, -0.15) is 0 Å². The van der Waals surface area contributed by atoms with E-state index in [4.69, 9.17) is 15.2 Å². The fraction of sp³-hybridized carbons (Fsp3) is 0.500. The third-order valence-corrected chi connectivity index (χ3v) is 3.42. The number of hydrogen-bond donors (Lipinski definition) is 2. The predicted octanol–water partition coefficient (Wildman–Crippen LogP) is 2.12. The summed E-state index contributed by atoms with van der Waals surface area (Å²) < 4.78 is 10.5. The molecule has 1 aromatic carbocycles. The summed E-state index contributed by atoms with van der Waals surface area (Å²) in [5.41, 5.74) is 7.29. The average molecular weight is 306 g/mol. The second-order valence-corrected chi connectivity index (χ2v) is 6.37. The van der Waals surface area contributed by atoms with Crippen molar-refractivity contribution in [1.29, 1.82) is 0 Å². The highest BCUT2D eigenvalue weighted by molar-refractivity contribution is 6.06. The Morgan fingerprint density at radius 1 is 1.36 bits per heavy atom. The van der Waals surface area contributed by atoms with E-state index in [1.807, 2.05) is 0 Å². The largest absolute Gasteiger partial charge is 0.495 e. The second-order valence-electron chi connectivity index (χ2n) is 6.37. The van der Waals surface area contributed by atoms with E-state index in [1.165, 1.54) is 7.11 Å². The number of esters is 1. The summed E-state index contributed by atoms with van der Waals surface area (Å²) in [6.07, 6.45) is 0.950. The minimum absolute atomic E-state index is 0.361. The molecule has 6 heteroatoms. The highest BCUT2D eigenvalue weighted by atomic mass is 16.6. The molecule has 0 unspecified atom stereocenters. The third kappa shape index (κ3) is 3.50. The van der Waals surface area contributed by atoms with E-state index in [0.29, 0.717) is 30.0 Å². The molecule has 1 amide bonds. The van der Waals surface area contributed by atoms with Gasteiger partial charge in [-0.3, -0.25) is 9.59 Å². The van der Waals surface area contributed by atoms with Gasteiger partial charge in [-0.15, -0.1) is 0 Å². The zero-order chi connectivity index (χ0) is 16.5. The van der Waals surface area contributed by atoms with Crippen molar-refractivity contribution in [3.8, 4) is 5.75 Å². The summed E-state index contributed by atoms with van der Waals surface area (Å²) in [5.74, 6) is -1.19. The van der Waals surface area contributed by atoms with Crippen LogP contribution in [0.5, 0.6) is 5.75 Å². The van der Waals surface area contributed by atoms with E-state index in [0.717, 1.165) is 5.56 Å². The Labute approximate surface area is 130 Å². The fourth-order valence-corrected chi connectivity index (χ4v) is 2.39. The molecule has 1 aliphatic rings. The lowest BCUT2D eigenvalue weighted by molar-refractivity contribution is -0.161. The molecule has 1 atom stereocenters. The van der Waals surface area contributed by atoms with E-state index < -0.39 is 17.5 Å². The van der Waals surface area contributed by atoms with Gasteiger partial charge in [0.05, 0.1) is 12.8 Å². The number of anilines is 2. The van der Waals surface area contributed by atoms with E-state index in [2.05, 4.69) is 5.32 Å². The van der Waals surface area contributed by atoms with Crippen molar-refractivity contribution in [3.05, 3.63) is 17.7 Å². The first-order valence-corrected chi connectivity index (χ1v) is 7.21. The molecule has 2 rings (SSSR count). The van der Waals surface area contributed by atoms with Crippen LogP contribution in [0, 0.1) is 5.92 Å². The molecule has 0 fully saturated rings. The molecule has 3 N–H and O–H groups in total. The quantitative estimate of drug-likeness (QED) is 0.496. The average Bonchev–Trinajstić information content (AvgIpc) is 2.54. The van der Waals surface area contributed by atoms with Crippen LogP contribution < -0.4 is 15.8 Å². The van der Waals surface area contributed by atoms with Crippen LogP contribution in [-0.4, -0.2) is 24.6 Å². The van der Waals surface area contributed by atoms with Crippen LogP contribution in [-0.2, 0) is 20.7 Å². The lowest BCUT2D eigenvalue weighted by Gasteiger charge is -2.22. The normalized spacial score (nSPS) is 18.0. The lowest BCUT2D eigenvalue weighted by Crippen LogP contribution is -2.35. The topological polar surface area (TPSA) is 90.7 Å². The molecule has 6 nitrogen and oxygen atoms in total. The minimum atomic E-state index is -0.821. The van der Waals surface area contributed by atoms with E-state index in [1.54, 1.807) is 32.9 Å². The molecule has 1 aromatic rings. The minimum Gasteiger partial charge on any atom is -0.495 e. The number of rotatable bonds is 2.